The van der Waals surface area contributed by atoms with Crippen LogP contribution in [0.4, 0.5) is 4.79 Å². The Morgan fingerprint density at radius 1 is 1.35 bits per heavy atom. The highest BCUT2D eigenvalue weighted by Crippen LogP contribution is 2.19. The fourth-order valence-corrected chi connectivity index (χ4v) is 2.84. The zero-order valence-corrected chi connectivity index (χ0v) is 12.9. The molecule has 1 saturated heterocycles. The van der Waals surface area contributed by atoms with Gasteiger partial charge in [0.2, 0.25) is 0 Å². The van der Waals surface area contributed by atoms with Crippen molar-refractivity contribution in [1.82, 2.24) is 10.2 Å². The highest BCUT2D eigenvalue weighted by atomic mass is 16.4. The minimum Gasteiger partial charge on any atom is -0.481 e. The van der Waals surface area contributed by atoms with Crippen LogP contribution >= 0.6 is 0 Å². The zero-order valence-electron chi connectivity index (χ0n) is 12.9. The van der Waals surface area contributed by atoms with Gasteiger partial charge >= 0.3 is 12.0 Å². The van der Waals surface area contributed by atoms with E-state index in [1.165, 1.54) is 6.42 Å². The molecule has 0 saturated carbocycles. The maximum atomic E-state index is 12.2. The molecule has 0 spiro atoms. The van der Waals surface area contributed by atoms with Crippen molar-refractivity contribution >= 4 is 12.0 Å². The molecule has 116 valence electrons. The Hall–Kier alpha value is -1.26. The summed E-state index contributed by atoms with van der Waals surface area (Å²) in [6.45, 7) is 7.09. The maximum absolute atomic E-state index is 12.2. The Balaban J connectivity index is 2.49. The number of urea groups is 1. The van der Waals surface area contributed by atoms with Gasteiger partial charge in [0.15, 0.2) is 0 Å². The van der Waals surface area contributed by atoms with E-state index in [9.17, 15) is 14.7 Å². The van der Waals surface area contributed by atoms with Gasteiger partial charge in [-0.15, -0.1) is 0 Å². The lowest BCUT2D eigenvalue weighted by molar-refractivity contribution is -0.142. The third-order valence-corrected chi connectivity index (χ3v) is 3.96. The molecule has 1 fully saturated rings. The number of likely N-dealkylation sites (tertiary alicyclic amines) is 1. The predicted molar refractivity (Wildman–Crippen MR) is 78.6 cm³/mol. The monoisotopic (exact) mass is 284 g/mol. The molecule has 20 heavy (non-hydrogen) atoms. The van der Waals surface area contributed by atoms with Crippen LogP contribution in [0, 0.1) is 11.8 Å². The average molecular weight is 284 g/mol. The first-order valence-corrected chi connectivity index (χ1v) is 7.73. The molecule has 1 rings (SSSR count). The average Bonchev–Trinajstić information content (AvgIpc) is 2.42. The van der Waals surface area contributed by atoms with Crippen LogP contribution in [0.5, 0.6) is 0 Å². The zero-order chi connectivity index (χ0) is 15.1. The third kappa shape index (κ3) is 5.02. The molecule has 5 heteroatoms. The molecule has 0 radical (unpaired) electrons. The fraction of sp³-hybridized carbons (Fsp3) is 0.867. The molecule has 1 aliphatic rings. The lowest BCUT2D eigenvalue weighted by Crippen LogP contribution is -2.49. The van der Waals surface area contributed by atoms with E-state index in [1.807, 2.05) is 18.7 Å². The number of rotatable bonds is 6. The van der Waals surface area contributed by atoms with Gasteiger partial charge in [0, 0.05) is 19.1 Å². The minimum atomic E-state index is -0.829. The Labute approximate surface area is 121 Å². The Morgan fingerprint density at radius 3 is 2.60 bits per heavy atom. The predicted octanol–water partition coefficient (Wildman–Crippen LogP) is 2.71. The standard InChI is InChI=1S/C15H28N2O3/c1-4-13-7-5-6-8-17(13)15(20)16-10-12(14(18)19)9-11(2)3/h11-13H,4-10H2,1-3H3,(H,16,20)(H,18,19). The number of carboxylic acid groups (broad SMARTS) is 1. The second-order valence-electron chi connectivity index (χ2n) is 6.10. The first-order valence-electron chi connectivity index (χ1n) is 7.73. The van der Waals surface area contributed by atoms with Crippen LogP contribution in [0.3, 0.4) is 0 Å². The van der Waals surface area contributed by atoms with Crippen LogP contribution in [0.15, 0.2) is 0 Å². The molecule has 1 aliphatic heterocycles. The van der Waals surface area contributed by atoms with Gasteiger partial charge < -0.3 is 15.3 Å². The molecule has 2 N–H and O–H groups in total. The molecular weight excluding hydrogens is 256 g/mol. The Bertz CT molecular complexity index is 331. The lowest BCUT2D eigenvalue weighted by atomic mass is 9.97. The highest BCUT2D eigenvalue weighted by Gasteiger charge is 2.26. The first-order chi connectivity index (χ1) is 9.45. The molecule has 0 bridgehead atoms. The third-order valence-electron chi connectivity index (χ3n) is 3.96. The number of aliphatic carboxylic acids is 1. The number of carboxylic acids is 1. The van der Waals surface area contributed by atoms with Crippen LogP contribution in [-0.4, -0.2) is 41.1 Å². The molecule has 1 heterocycles. The maximum Gasteiger partial charge on any atom is 0.317 e. The second-order valence-corrected chi connectivity index (χ2v) is 6.10. The van der Waals surface area contributed by atoms with Crippen molar-refractivity contribution < 1.29 is 14.7 Å². The number of nitrogens with one attached hydrogen (secondary N) is 1. The van der Waals surface area contributed by atoms with E-state index < -0.39 is 11.9 Å². The molecule has 0 aromatic rings. The molecule has 5 nitrogen and oxygen atoms in total. The topological polar surface area (TPSA) is 69.6 Å². The summed E-state index contributed by atoms with van der Waals surface area (Å²) >= 11 is 0. The van der Waals surface area contributed by atoms with E-state index in [0.29, 0.717) is 18.4 Å². The van der Waals surface area contributed by atoms with Crippen LogP contribution in [0.25, 0.3) is 0 Å². The summed E-state index contributed by atoms with van der Waals surface area (Å²) in [5.41, 5.74) is 0. The number of piperidine rings is 1. The van der Waals surface area contributed by atoms with Gasteiger partial charge in [0.1, 0.15) is 0 Å². The van der Waals surface area contributed by atoms with Crippen LogP contribution in [0.1, 0.15) is 52.9 Å². The largest absolute Gasteiger partial charge is 0.481 e. The van der Waals surface area contributed by atoms with E-state index >= 15 is 0 Å². The fourth-order valence-electron chi connectivity index (χ4n) is 2.84. The number of hydrogen-bond acceptors (Lipinski definition) is 2. The molecule has 0 aliphatic carbocycles. The van der Waals surface area contributed by atoms with Gasteiger partial charge in [-0.2, -0.15) is 0 Å². The van der Waals surface area contributed by atoms with Gasteiger partial charge in [0.05, 0.1) is 5.92 Å². The molecule has 2 amide bonds. The van der Waals surface area contributed by atoms with Crippen molar-refractivity contribution in [2.75, 3.05) is 13.1 Å². The first kappa shape index (κ1) is 16.8. The number of amides is 2. The SMILES string of the molecule is CCC1CCCCN1C(=O)NCC(CC(C)C)C(=O)O. The summed E-state index contributed by atoms with van der Waals surface area (Å²) in [5.74, 6) is -1.01. The van der Waals surface area contributed by atoms with Crippen molar-refractivity contribution in [3.8, 4) is 0 Å². The van der Waals surface area contributed by atoms with E-state index in [0.717, 1.165) is 25.8 Å². The Morgan fingerprint density at radius 2 is 2.05 bits per heavy atom. The summed E-state index contributed by atoms with van der Waals surface area (Å²) in [6.07, 6.45) is 4.82. The minimum absolute atomic E-state index is 0.105. The smallest absolute Gasteiger partial charge is 0.317 e. The van der Waals surface area contributed by atoms with Crippen molar-refractivity contribution in [2.24, 2.45) is 11.8 Å². The van der Waals surface area contributed by atoms with Gasteiger partial charge in [0.25, 0.3) is 0 Å². The summed E-state index contributed by atoms with van der Waals surface area (Å²) in [6, 6.07) is 0.198. The van der Waals surface area contributed by atoms with Crippen LogP contribution in [-0.2, 0) is 4.79 Å². The second kappa shape index (κ2) is 8.12. The summed E-state index contributed by atoms with van der Waals surface area (Å²) in [5, 5.41) is 12.0. The van der Waals surface area contributed by atoms with Gasteiger partial charge in [-0.3, -0.25) is 4.79 Å². The molecule has 2 unspecified atom stereocenters. The molecular formula is C15H28N2O3. The lowest BCUT2D eigenvalue weighted by Gasteiger charge is -2.35. The summed E-state index contributed by atoms with van der Waals surface area (Å²) < 4.78 is 0. The van der Waals surface area contributed by atoms with Crippen molar-refractivity contribution in [2.45, 2.75) is 58.9 Å². The highest BCUT2D eigenvalue weighted by molar-refractivity contribution is 5.76. The van der Waals surface area contributed by atoms with Crippen molar-refractivity contribution in [3.05, 3.63) is 0 Å². The van der Waals surface area contributed by atoms with E-state index in [1.54, 1.807) is 0 Å². The summed E-state index contributed by atoms with van der Waals surface area (Å²) in [4.78, 5) is 25.3. The van der Waals surface area contributed by atoms with Gasteiger partial charge in [-0.25, -0.2) is 4.79 Å². The van der Waals surface area contributed by atoms with Crippen LogP contribution in [0.2, 0.25) is 0 Å². The number of carbonyl (C=O) groups excluding carboxylic acids is 1. The van der Waals surface area contributed by atoms with E-state index in [2.05, 4.69) is 12.2 Å². The van der Waals surface area contributed by atoms with Crippen molar-refractivity contribution in [1.29, 1.82) is 0 Å². The number of carbonyl (C=O) groups is 2. The molecule has 0 aromatic carbocycles. The van der Waals surface area contributed by atoms with Crippen LogP contribution < -0.4 is 5.32 Å². The van der Waals surface area contributed by atoms with Gasteiger partial charge in [-0.1, -0.05) is 20.8 Å². The van der Waals surface area contributed by atoms with Crippen molar-refractivity contribution in [3.63, 3.8) is 0 Å². The van der Waals surface area contributed by atoms with E-state index in [-0.39, 0.29) is 12.6 Å². The Kier molecular flexibility index (Phi) is 6.82. The quantitative estimate of drug-likeness (QED) is 0.788. The normalized spacial score (nSPS) is 20.8. The summed E-state index contributed by atoms with van der Waals surface area (Å²) in [7, 11) is 0. The van der Waals surface area contributed by atoms with E-state index in [4.69, 9.17) is 0 Å². The molecule has 2 atom stereocenters. The van der Waals surface area contributed by atoms with Gasteiger partial charge in [-0.05, 0) is 38.0 Å². The number of nitrogens with zero attached hydrogens (tertiary/aromatic N) is 1. The number of hydrogen-bond donors (Lipinski definition) is 2. The molecule has 0 aromatic heterocycles.